The van der Waals surface area contributed by atoms with E-state index in [4.69, 9.17) is 14.6 Å². The highest BCUT2D eigenvalue weighted by Crippen LogP contribution is 2.32. The normalized spacial score (nSPS) is 11.5. The van der Waals surface area contributed by atoms with Gasteiger partial charge in [-0.2, -0.15) is 13.2 Å². The van der Waals surface area contributed by atoms with E-state index in [1.165, 1.54) is 12.1 Å². The number of alkyl halides is 3. The Morgan fingerprint density at radius 1 is 1.11 bits per heavy atom. The number of aromatic nitrogens is 1. The van der Waals surface area contributed by atoms with Gasteiger partial charge in [0.25, 0.3) is 0 Å². The fourth-order valence-corrected chi connectivity index (χ4v) is 2.80. The molecule has 0 saturated carbocycles. The number of hydrogen-bond donors (Lipinski definition) is 2. The van der Waals surface area contributed by atoms with E-state index < -0.39 is 17.9 Å². The van der Waals surface area contributed by atoms with Crippen molar-refractivity contribution >= 4 is 17.1 Å². The van der Waals surface area contributed by atoms with Gasteiger partial charge in [-0.3, -0.25) is 0 Å². The van der Waals surface area contributed by atoms with Crippen LogP contribution in [0.1, 0.15) is 17.5 Å². The first-order valence-corrected chi connectivity index (χ1v) is 8.15. The smallest absolute Gasteiger partial charge is 0.494 e. The minimum absolute atomic E-state index is 0.130. The highest BCUT2D eigenvalue weighted by atomic mass is 19.4. The van der Waals surface area contributed by atoms with Gasteiger partial charge in [0.15, 0.2) is 0 Å². The Bertz CT molecular complexity index is 950. The van der Waals surface area contributed by atoms with Crippen LogP contribution in [0.15, 0.2) is 48.5 Å². The summed E-state index contributed by atoms with van der Waals surface area (Å²) in [6, 6.07) is 11.9. The van der Waals surface area contributed by atoms with Crippen molar-refractivity contribution in [3.8, 4) is 11.6 Å². The second-order valence-electron chi connectivity index (χ2n) is 5.82. The molecule has 2 aromatic carbocycles. The van der Waals surface area contributed by atoms with Crippen molar-refractivity contribution in [3.63, 3.8) is 0 Å². The summed E-state index contributed by atoms with van der Waals surface area (Å²) in [4.78, 5) is 13.8. The minimum Gasteiger partial charge on any atom is -0.494 e. The zero-order chi connectivity index (χ0) is 19.4. The van der Waals surface area contributed by atoms with E-state index in [-0.39, 0.29) is 18.2 Å². The van der Waals surface area contributed by atoms with Crippen LogP contribution in [0.25, 0.3) is 10.9 Å². The van der Waals surface area contributed by atoms with Crippen LogP contribution >= 0.6 is 0 Å². The summed E-state index contributed by atoms with van der Waals surface area (Å²) in [6.07, 6.45) is -4.95. The molecule has 0 atom stereocenters. The molecule has 0 aliphatic rings. The maximum atomic E-state index is 12.7. The lowest BCUT2D eigenvalue weighted by Crippen LogP contribution is -2.07. The molecule has 0 saturated heterocycles. The Kier molecular flexibility index (Phi) is 5.25. The van der Waals surface area contributed by atoms with Crippen molar-refractivity contribution < 1.29 is 32.5 Å². The first kappa shape index (κ1) is 18.6. The van der Waals surface area contributed by atoms with E-state index in [2.05, 4.69) is 4.98 Å². The molecular formula is C19H16F3NO4. The SMILES string of the molecule is O=C(O)Oc1[nH]c2ccccc2c1CCCOc1cccc(C(F)(F)F)c1. The molecule has 1 aromatic heterocycles. The number of H-pyrrole nitrogens is 1. The summed E-state index contributed by atoms with van der Waals surface area (Å²) in [5.74, 6) is 0.272. The minimum atomic E-state index is -4.42. The Labute approximate surface area is 152 Å². The fourth-order valence-electron chi connectivity index (χ4n) is 2.80. The number of fused-ring (bicyclic) bond motifs is 1. The number of hydrogen-bond acceptors (Lipinski definition) is 3. The lowest BCUT2D eigenvalue weighted by atomic mass is 10.1. The van der Waals surface area contributed by atoms with E-state index in [1.807, 2.05) is 18.2 Å². The summed E-state index contributed by atoms with van der Waals surface area (Å²) in [5.41, 5.74) is 0.650. The zero-order valence-electron chi connectivity index (χ0n) is 14.0. The van der Waals surface area contributed by atoms with Crippen LogP contribution in [0.5, 0.6) is 11.6 Å². The van der Waals surface area contributed by atoms with Crippen molar-refractivity contribution in [2.75, 3.05) is 6.61 Å². The number of aromatic amines is 1. The number of nitrogens with one attached hydrogen (secondary N) is 1. The molecule has 8 heteroatoms. The fraction of sp³-hybridized carbons (Fsp3) is 0.211. The molecule has 0 aliphatic carbocycles. The number of halogens is 3. The predicted octanol–water partition coefficient (Wildman–Crippen LogP) is 5.26. The van der Waals surface area contributed by atoms with E-state index in [0.29, 0.717) is 18.4 Å². The molecule has 1 heterocycles. The van der Waals surface area contributed by atoms with Gasteiger partial charge in [-0.1, -0.05) is 24.3 Å². The molecule has 2 N–H and O–H groups in total. The third-order valence-electron chi connectivity index (χ3n) is 3.97. The molecule has 0 aliphatic heterocycles. The summed E-state index contributed by atoms with van der Waals surface area (Å²) in [6.45, 7) is 0.174. The molecule has 3 rings (SSSR count). The van der Waals surface area contributed by atoms with Crippen LogP contribution in [0, 0.1) is 0 Å². The number of rotatable bonds is 6. The van der Waals surface area contributed by atoms with Crippen LogP contribution in [0.3, 0.4) is 0 Å². The molecule has 0 amide bonds. The van der Waals surface area contributed by atoms with Crippen molar-refractivity contribution in [3.05, 3.63) is 59.7 Å². The van der Waals surface area contributed by atoms with Gasteiger partial charge < -0.3 is 19.6 Å². The number of ether oxygens (including phenoxy) is 2. The molecule has 0 radical (unpaired) electrons. The van der Waals surface area contributed by atoms with Crippen LogP contribution in [-0.2, 0) is 12.6 Å². The molecule has 0 fully saturated rings. The summed E-state index contributed by atoms with van der Waals surface area (Å²) < 4.78 is 48.4. The van der Waals surface area contributed by atoms with Crippen LogP contribution in [0.4, 0.5) is 18.0 Å². The van der Waals surface area contributed by atoms with E-state index in [0.717, 1.165) is 23.0 Å². The Morgan fingerprint density at radius 2 is 1.89 bits per heavy atom. The van der Waals surface area contributed by atoms with Gasteiger partial charge in [-0.25, -0.2) is 4.79 Å². The van der Waals surface area contributed by atoms with E-state index >= 15 is 0 Å². The highest BCUT2D eigenvalue weighted by Gasteiger charge is 2.30. The van der Waals surface area contributed by atoms with Crippen molar-refractivity contribution in [2.45, 2.75) is 19.0 Å². The van der Waals surface area contributed by atoms with Gasteiger partial charge in [-0.15, -0.1) is 0 Å². The second-order valence-corrected chi connectivity index (χ2v) is 5.82. The molecule has 142 valence electrons. The molecule has 3 aromatic rings. The van der Waals surface area contributed by atoms with Crippen molar-refractivity contribution in [1.82, 2.24) is 4.98 Å². The van der Waals surface area contributed by atoms with Crippen molar-refractivity contribution in [2.24, 2.45) is 0 Å². The Balaban J connectivity index is 1.66. The Morgan fingerprint density at radius 3 is 2.63 bits per heavy atom. The standard InChI is InChI=1S/C19H16F3NO4/c20-19(21,22)12-5-3-6-13(11-12)26-10-4-8-15-14-7-1-2-9-16(14)23-17(15)27-18(24)25/h1-3,5-7,9,11,23H,4,8,10H2,(H,24,25). The topological polar surface area (TPSA) is 71.5 Å². The van der Waals surface area contributed by atoms with E-state index in [9.17, 15) is 18.0 Å². The number of aryl methyl sites for hydroxylation is 1. The maximum Gasteiger partial charge on any atom is 0.512 e. The van der Waals surface area contributed by atoms with Crippen molar-refractivity contribution in [1.29, 1.82) is 0 Å². The van der Waals surface area contributed by atoms with Gasteiger partial charge in [0.1, 0.15) is 5.75 Å². The lowest BCUT2D eigenvalue weighted by Gasteiger charge is -2.10. The van der Waals surface area contributed by atoms with Crippen LogP contribution in [0.2, 0.25) is 0 Å². The number of benzene rings is 2. The molecule has 0 unspecified atom stereocenters. The summed E-state index contributed by atoms with van der Waals surface area (Å²) in [7, 11) is 0. The first-order valence-electron chi connectivity index (χ1n) is 8.15. The van der Waals surface area contributed by atoms with Gasteiger partial charge >= 0.3 is 12.3 Å². The second kappa shape index (κ2) is 7.61. The molecule has 0 spiro atoms. The average molecular weight is 379 g/mol. The Hall–Kier alpha value is -3.16. The number of carbonyl (C=O) groups is 1. The van der Waals surface area contributed by atoms with Crippen LogP contribution in [-0.4, -0.2) is 22.9 Å². The van der Waals surface area contributed by atoms with E-state index in [1.54, 1.807) is 6.07 Å². The largest absolute Gasteiger partial charge is 0.512 e. The third-order valence-corrected chi connectivity index (χ3v) is 3.97. The molecule has 27 heavy (non-hydrogen) atoms. The predicted molar refractivity (Wildman–Crippen MR) is 92.2 cm³/mol. The highest BCUT2D eigenvalue weighted by molar-refractivity contribution is 5.86. The zero-order valence-corrected chi connectivity index (χ0v) is 14.0. The van der Waals surface area contributed by atoms with Gasteiger partial charge in [0.2, 0.25) is 5.88 Å². The van der Waals surface area contributed by atoms with Gasteiger partial charge in [-0.05, 0) is 37.1 Å². The van der Waals surface area contributed by atoms with Crippen LogP contribution < -0.4 is 9.47 Å². The monoisotopic (exact) mass is 379 g/mol. The average Bonchev–Trinajstić information content (AvgIpc) is 2.95. The quantitative estimate of drug-likeness (QED) is 0.453. The molecule has 5 nitrogen and oxygen atoms in total. The summed E-state index contributed by atoms with van der Waals surface area (Å²) >= 11 is 0. The molecule has 0 bridgehead atoms. The lowest BCUT2D eigenvalue weighted by molar-refractivity contribution is -0.137. The third kappa shape index (κ3) is 4.52. The molecular weight excluding hydrogens is 363 g/mol. The summed E-state index contributed by atoms with van der Waals surface area (Å²) in [5, 5.41) is 9.70. The maximum absolute atomic E-state index is 12.7. The number of para-hydroxylation sites is 1. The van der Waals surface area contributed by atoms with Gasteiger partial charge in [0, 0.05) is 16.5 Å². The first-order chi connectivity index (χ1) is 12.8. The van der Waals surface area contributed by atoms with Gasteiger partial charge in [0.05, 0.1) is 12.2 Å². The number of carboxylic acid groups (broad SMARTS) is 1.